The van der Waals surface area contributed by atoms with Crippen molar-refractivity contribution in [3.8, 4) is 5.75 Å². The zero-order valence-electron chi connectivity index (χ0n) is 8.17. The quantitative estimate of drug-likeness (QED) is 0.884. The summed E-state index contributed by atoms with van der Waals surface area (Å²) in [5.41, 5.74) is 0.553. The van der Waals surface area contributed by atoms with Crippen LogP contribution in [0.3, 0.4) is 0 Å². The molecule has 1 aromatic carbocycles. The van der Waals surface area contributed by atoms with Crippen LogP contribution >= 0.6 is 23.2 Å². The minimum atomic E-state index is -0.152. The Balaban J connectivity index is 2.10. The number of aliphatic hydroxyl groups is 1. The molecule has 0 atom stereocenters. The summed E-state index contributed by atoms with van der Waals surface area (Å²) in [7, 11) is 0. The van der Waals surface area contributed by atoms with Gasteiger partial charge in [0.2, 0.25) is 0 Å². The van der Waals surface area contributed by atoms with Gasteiger partial charge in [0.25, 0.3) is 0 Å². The zero-order valence-corrected chi connectivity index (χ0v) is 9.68. The van der Waals surface area contributed by atoms with Crippen molar-refractivity contribution in [1.29, 1.82) is 0 Å². The molecule has 0 saturated heterocycles. The summed E-state index contributed by atoms with van der Waals surface area (Å²) in [4.78, 5) is 0. The van der Waals surface area contributed by atoms with E-state index < -0.39 is 0 Å². The van der Waals surface area contributed by atoms with Crippen LogP contribution in [0, 0.1) is 5.92 Å². The first-order chi connectivity index (χ1) is 7.20. The third-order valence-corrected chi connectivity index (χ3v) is 3.13. The molecule has 0 aliphatic heterocycles. The van der Waals surface area contributed by atoms with Gasteiger partial charge < -0.3 is 9.84 Å². The minimum Gasteiger partial charge on any atom is -0.493 e. The lowest BCUT2D eigenvalue weighted by molar-refractivity contribution is 0.280. The van der Waals surface area contributed by atoms with Gasteiger partial charge in [0, 0.05) is 5.56 Å². The van der Waals surface area contributed by atoms with E-state index in [2.05, 4.69) is 0 Å². The lowest BCUT2D eigenvalue weighted by Gasteiger charge is -2.09. The molecular weight excluding hydrogens is 235 g/mol. The lowest BCUT2D eigenvalue weighted by atomic mass is 10.2. The third kappa shape index (κ3) is 2.77. The summed E-state index contributed by atoms with van der Waals surface area (Å²) in [5, 5.41) is 9.92. The molecule has 0 radical (unpaired) electrons. The minimum absolute atomic E-state index is 0.152. The molecule has 2 rings (SSSR count). The molecule has 0 aromatic heterocycles. The third-order valence-electron chi connectivity index (χ3n) is 2.46. The Hall–Kier alpha value is -0.440. The van der Waals surface area contributed by atoms with E-state index in [1.807, 2.05) is 0 Å². The van der Waals surface area contributed by atoms with Crippen LogP contribution in [-0.4, -0.2) is 11.7 Å². The Kier molecular flexibility index (Phi) is 3.39. The Labute approximate surface area is 98.8 Å². The SMILES string of the molecule is OCc1c(Cl)cc(OCC2CC2)cc1Cl. The maximum atomic E-state index is 9.01. The van der Waals surface area contributed by atoms with Crippen molar-refractivity contribution in [2.75, 3.05) is 6.61 Å². The van der Waals surface area contributed by atoms with Gasteiger partial charge in [-0.05, 0) is 30.9 Å². The van der Waals surface area contributed by atoms with Gasteiger partial charge in [-0.25, -0.2) is 0 Å². The van der Waals surface area contributed by atoms with Crippen molar-refractivity contribution in [2.24, 2.45) is 5.92 Å². The summed E-state index contributed by atoms with van der Waals surface area (Å²) in [5.74, 6) is 1.37. The number of rotatable bonds is 4. The van der Waals surface area contributed by atoms with Crippen LogP contribution in [0.15, 0.2) is 12.1 Å². The van der Waals surface area contributed by atoms with Gasteiger partial charge in [-0.15, -0.1) is 0 Å². The highest BCUT2D eigenvalue weighted by Crippen LogP contribution is 2.33. The summed E-state index contributed by atoms with van der Waals surface area (Å²) in [6, 6.07) is 3.39. The molecule has 0 amide bonds. The van der Waals surface area contributed by atoms with E-state index in [0.29, 0.717) is 27.3 Å². The number of ether oxygens (including phenoxy) is 1. The maximum Gasteiger partial charge on any atom is 0.122 e. The fourth-order valence-electron chi connectivity index (χ4n) is 1.31. The molecular formula is C11H12Cl2O2. The molecule has 1 aliphatic carbocycles. The maximum absolute atomic E-state index is 9.01. The molecule has 1 aromatic rings. The van der Waals surface area contributed by atoms with Crippen molar-refractivity contribution in [3.63, 3.8) is 0 Å². The molecule has 1 aliphatic rings. The number of hydrogen-bond donors (Lipinski definition) is 1. The van der Waals surface area contributed by atoms with Gasteiger partial charge in [0.1, 0.15) is 5.75 Å². The monoisotopic (exact) mass is 246 g/mol. The normalized spacial score (nSPS) is 15.4. The van der Waals surface area contributed by atoms with E-state index in [1.54, 1.807) is 12.1 Å². The summed E-state index contributed by atoms with van der Waals surface area (Å²) >= 11 is 11.9. The number of benzene rings is 1. The van der Waals surface area contributed by atoms with E-state index in [1.165, 1.54) is 12.8 Å². The number of halogens is 2. The summed E-state index contributed by atoms with van der Waals surface area (Å²) in [6.45, 7) is 0.575. The average Bonchev–Trinajstić information content (AvgIpc) is 2.97. The fraction of sp³-hybridized carbons (Fsp3) is 0.455. The van der Waals surface area contributed by atoms with Crippen LogP contribution in [-0.2, 0) is 6.61 Å². The van der Waals surface area contributed by atoms with Crippen LogP contribution < -0.4 is 4.74 Å². The van der Waals surface area contributed by atoms with E-state index in [0.717, 1.165) is 6.61 Å². The molecule has 4 heteroatoms. The number of aliphatic hydroxyl groups excluding tert-OH is 1. The van der Waals surface area contributed by atoms with Gasteiger partial charge >= 0.3 is 0 Å². The molecule has 82 valence electrons. The first-order valence-electron chi connectivity index (χ1n) is 4.92. The topological polar surface area (TPSA) is 29.5 Å². The second-order valence-electron chi connectivity index (χ2n) is 3.78. The van der Waals surface area contributed by atoms with E-state index >= 15 is 0 Å². The van der Waals surface area contributed by atoms with Crippen molar-refractivity contribution < 1.29 is 9.84 Å². The van der Waals surface area contributed by atoms with Crippen LogP contribution in [0.1, 0.15) is 18.4 Å². The summed E-state index contributed by atoms with van der Waals surface area (Å²) < 4.78 is 5.54. The molecule has 2 nitrogen and oxygen atoms in total. The lowest BCUT2D eigenvalue weighted by Crippen LogP contribution is -1.99. The van der Waals surface area contributed by atoms with Gasteiger partial charge in [0.05, 0.1) is 23.3 Å². The Bertz CT molecular complexity index is 339. The molecule has 0 spiro atoms. The average molecular weight is 247 g/mol. The predicted molar refractivity (Wildman–Crippen MR) is 60.6 cm³/mol. The highest BCUT2D eigenvalue weighted by molar-refractivity contribution is 6.36. The molecule has 15 heavy (non-hydrogen) atoms. The zero-order chi connectivity index (χ0) is 10.8. The highest BCUT2D eigenvalue weighted by Gasteiger charge is 2.22. The summed E-state index contributed by atoms with van der Waals surface area (Å²) in [6.07, 6.45) is 2.49. The molecule has 0 bridgehead atoms. The van der Waals surface area contributed by atoms with Crippen LogP contribution in [0.4, 0.5) is 0 Å². The van der Waals surface area contributed by atoms with Crippen molar-refractivity contribution in [3.05, 3.63) is 27.7 Å². The first-order valence-corrected chi connectivity index (χ1v) is 5.68. The molecule has 1 N–H and O–H groups in total. The molecule has 0 unspecified atom stereocenters. The standard InChI is InChI=1S/C11H12Cl2O2/c12-10-3-8(15-6-7-1-2-7)4-11(13)9(10)5-14/h3-4,7,14H,1-2,5-6H2. The fourth-order valence-corrected chi connectivity index (χ4v) is 1.90. The van der Waals surface area contributed by atoms with Gasteiger partial charge in [-0.2, -0.15) is 0 Å². The Morgan fingerprint density at radius 1 is 1.27 bits per heavy atom. The number of hydrogen-bond acceptors (Lipinski definition) is 2. The smallest absolute Gasteiger partial charge is 0.122 e. The van der Waals surface area contributed by atoms with Crippen molar-refractivity contribution >= 4 is 23.2 Å². The molecule has 1 saturated carbocycles. The largest absolute Gasteiger partial charge is 0.493 e. The van der Waals surface area contributed by atoms with Crippen molar-refractivity contribution in [1.82, 2.24) is 0 Å². The van der Waals surface area contributed by atoms with Crippen molar-refractivity contribution in [2.45, 2.75) is 19.4 Å². The second kappa shape index (κ2) is 4.60. The van der Waals surface area contributed by atoms with Crippen LogP contribution in [0.2, 0.25) is 10.0 Å². The van der Waals surface area contributed by atoms with E-state index in [4.69, 9.17) is 33.0 Å². The Morgan fingerprint density at radius 2 is 1.87 bits per heavy atom. The Morgan fingerprint density at radius 3 is 2.33 bits per heavy atom. The second-order valence-corrected chi connectivity index (χ2v) is 4.59. The highest BCUT2D eigenvalue weighted by atomic mass is 35.5. The van der Waals surface area contributed by atoms with Crippen LogP contribution in [0.25, 0.3) is 0 Å². The van der Waals surface area contributed by atoms with Gasteiger partial charge in [-0.3, -0.25) is 0 Å². The first kappa shape index (κ1) is 11.1. The van der Waals surface area contributed by atoms with Gasteiger partial charge in [-0.1, -0.05) is 23.2 Å². The predicted octanol–water partition coefficient (Wildman–Crippen LogP) is 3.27. The van der Waals surface area contributed by atoms with E-state index in [-0.39, 0.29) is 6.61 Å². The molecule has 0 heterocycles. The van der Waals surface area contributed by atoms with E-state index in [9.17, 15) is 0 Å². The van der Waals surface area contributed by atoms with Crippen LogP contribution in [0.5, 0.6) is 5.75 Å². The van der Waals surface area contributed by atoms with Gasteiger partial charge in [0.15, 0.2) is 0 Å². The molecule has 1 fully saturated rings.